The van der Waals surface area contributed by atoms with E-state index in [0.717, 1.165) is 6.42 Å². The molecule has 0 radical (unpaired) electrons. The maximum atomic E-state index is 11.8. The largest absolute Gasteiger partial charge is 0.394 e. The van der Waals surface area contributed by atoms with Gasteiger partial charge in [-0.15, -0.1) is 5.10 Å². The smallest absolute Gasteiger partial charge is 0.273 e. The minimum atomic E-state index is -0.321. The predicted octanol–water partition coefficient (Wildman–Crippen LogP) is -0.626. The molecule has 1 atom stereocenters. The van der Waals surface area contributed by atoms with Crippen LogP contribution in [0, 0.1) is 5.92 Å². The third-order valence-electron chi connectivity index (χ3n) is 2.44. The Morgan fingerprint density at radius 1 is 1.61 bits per heavy atom. The molecule has 0 aliphatic heterocycles. The summed E-state index contributed by atoms with van der Waals surface area (Å²) in [6.07, 6.45) is 2.27. The molecule has 7 nitrogen and oxygen atoms in total. The van der Waals surface area contributed by atoms with Crippen molar-refractivity contribution in [1.29, 1.82) is 0 Å². The van der Waals surface area contributed by atoms with Gasteiger partial charge < -0.3 is 16.2 Å². The average molecular weight is 255 g/mol. The van der Waals surface area contributed by atoms with Crippen molar-refractivity contribution in [2.75, 3.05) is 13.2 Å². The highest BCUT2D eigenvalue weighted by molar-refractivity contribution is 5.92. The van der Waals surface area contributed by atoms with Gasteiger partial charge in [-0.3, -0.25) is 9.48 Å². The molecule has 1 aromatic heterocycles. The van der Waals surface area contributed by atoms with Crippen molar-refractivity contribution in [3.63, 3.8) is 0 Å². The van der Waals surface area contributed by atoms with Crippen LogP contribution in [0.25, 0.3) is 0 Å². The Kier molecular flexibility index (Phi) is 5.73. The quantitative estimate of drug-likeness (QED) is 0.601. The van der Waals surface area contributed by atoms with Crippen molar-refractivity contribution in [3.05, 3.63) is 11.9 Å². The summed E-state index contributed by atoms with van der Waals surface area (Å²) in [7, 11) is 0. The Bertz CT molecular complexity index is 377. The van der Waals surface area contributed by atoms with E-state index in [1.807, 2.05) is 13.8 Å². The first-order chi connectivity index (χ1) is 8.56. The van der Waals surface area contributed by atoms with E-state index in [9.17, 15) is 9.90 Å². The molecule has 0 bridgehead atoms. The van der Waals surface area contributed by atoms with Crippen molar-refractivity contribution < 1.29 is 9.90 Å². The minimum absolute atomic E-state index is 0.0825. The van der Waals surface area contributed by atoms with Crippen LogP contribution in [0.4, 0.5) is 0 Å². The van der Waals surface area contributed by atoms with E-state index in [4.69, 9.17) is 5.73 Å². The van der Waals surface area contributed by atoms with E-state index in [1.165, 1.54) is 4.68 Å². The van der Waals surface area contributed by atoms with Gasteiger partial charge in [0.15, 0.2) is 5.69 Å². The molecule has 0 aliphatic rings. The van der Waals surface area contributed by atoms with Crippen LogP contribution >= 0.6 is 0 Å². The standard InChI is InChI=1S/C11H21N5O2/c1-8(2)5-9(7-17)13-11(18)10-6-16(4-3-12)15-14-10/h6,8-9,17H,3-5,7,12H2,1-2H3,(H,13,18). The molecule has 0 aromatic carbocycles. The number of hydrogen-bond donors (Lipinski definition) is 3. The van der Waals surface area contributed by atoms with Crippen molar-refractivity contribution >= 4 is 5.91 Å². The summed E-state index contributed by atoms with van der Waals surface area (Å²) in [4.78, 5) is 11.8. The maximum absolute atomic E-state index is 11.8. The summed E-state index contributed by atoms with van der Waals surface area (Å²) < 4.78 is 1.52. The SMILES string of the molecule is CC(C)CC(CO)NC(=O)c1cn(CCN)nn1. The van der Waals surface area contributed by atoms with Gasteiger partial charge in [0.05, 0.1) is 25.4 Å². The number of aromatic nitrogens is 3. The van der Waals surface area contributed by atoms with Gasteiger partial charge in [-0.25, -0.2) is 0 Å². The fourth-order valence-electron chi connectivity index (χ4n) is 1.65. The van der Waals surface area contributed by atoms with E-state index < -0.39 is 0 Å². The minimum Gasteiger partial charge on any atom is -0.394 e. The predicted molar refractivity (Wildman–Crippen MR) is 66.9 cm³/mol. The zero-order chi connectivity index (χ0) is 13.5. The molecule has 18 heavy (non-hydrogen) atoms. The molecular weight excluding hydrogens is 234 g/mol. The third-order valence-corrected chi connectivity index (χ3v) is 2.44. The second-order valence-corrected chi connectivity index (χ2v) is 4.64. The first-order valence-electron chi connectivity index (χ1n) is 6.08. The van der Waals surface area contributed by atoms with Crippen LogP contribution in [0.3, 0.4) is 0 Å². The molecule has 0 fully saturated rings. The molecule has 1 heterocycles. The third kappa shape index (κ3) is 4.42. The summed E-state index contributed by atoms with van der Waals surface area (Å²) in [5.41, 5.74) is 5.62. The lowest BCUT2D eigenvalue weighted by molar-refractivity contribution is 0.0903. The lowest BCUT2D eigenvalue weighted by Crippen LogP contribution is -2.38. The topological polar surface area (TPSA) is 106 Å². The Hall–Kier alpha value is -1.47. The number of nitrogens with one attached hydrogen (secondary N) is 1. The van der Waals surface area contributed by atoms with Crippen molar-refractivity contribution in [1.82, 2.24) is 20.3 Å². The van der Waals surface area contributed by atoms with Crippen LogP contribution in [-0.2, 0) is 6.54 Å². The van der Waals surface area contributed by atoms with Gasteiger partial charge in [-0.2, -0.15) is 0 Å². The number of nitrogens with zero attached hydrogens (tertiary/aromatic N) is 3. The van der Waals surface area contributed by atoms with E-state index in [-0.39, 0.29) is 24.2 Å². The number of carbonyl (C=O) groups is 1. The molecule has 1 unspecified atom stereocenters. The monoisotopic (exact) mass is 255 g/mol. The molecule has 4 N–H and O–H groups in total. The average Bonchev–Trinajstić information content (AvgIpc) is 2.76. The second-order valence-electron chi connectivity index (χ2n) is 4.64. The second kappa shape index (κ2) is 7.07. The Morgan fingerprint density at radius 2 is 2.33 bits per heavy atom. The number of carbonyl (C=O) groups excluding carboxylic acids is 1. The van der Waals surface area contributed by atoms with Gasteiger partial charge >= 0.3 is 0 Å². The highest BCUT2D eigenvalue weighted by Gasteiger charge is 2.16. The summed E-state index contributed by atoms with van der Waals surface area (Å²) >= 11 is 0. The number of nitrogens with two attached hydrogens (primary N) is 1. The molecule has 1 aromatic rings. The summed E-state index contributed by atoms with van der Waals surface area (Å²) in [6.45, 7) is 4.95. The Labute approximate surface area is 106 Å². The van der Waals surface area contributed by atoms with Gasteiger partial charge in [-0.1, -0.05) is 19.1 Å². The first-order valence-corrected chi connectivity index (χ1v) is 6.08. The molecule has 0 aliphatic carbocycles. The van der Waals surface area contributed by atoms with Crippen molar-refractivity contribution in [3.8, 4) is 0 Å². The van der Waals surface area contributed by atoms with E-state index in [2.05, 4.69) is 15.6 Å². The van der Waals surface area contributed by atoms with Gasteiger partial charge in [0.25, 0.3) is 5.91 Å². The van der Waals surface area contributed by atoms with E-state index in [1.54, 1.807) is 6.20 Å². The number of aliphatic hydroxyl groups is 1. The lowest BCUT2D eigenvalue weighted by atomic mass is 10.0. The van der Waals surface area contributed by atoms with Gasteiger partial charge in [0.1, 0.15) is 0 Å². The van der Waals surface area contributed by atoms with Crippen LogP contribution in [0.5, 0.6) is 0 Å². The van der Waals surface area contributed by atoms with Gasteiger partial charge in [-0.05, 0) is 12.3 Å². The molecule has 1 amide bonds. The van der Waals surface area contributed by atoms with Crippen LogP contribution < -0.4 is 11.1 Å². The van der Waals surface area contributed by atoms with E-state index in [0.29, 0.717) is 19.0 Å². The van der Waals surface area contributed by atoms with Crippen molar-refractivity contribution in [2.24, 2.45) is 11.7 Å². The van der Waals surface area contributed by atoms with E-state index >= 15 is 0 Å². The molecular formula is C11H21N5O2. The fraction of sp³-hybridized carbons (Fsp3) is 0.727. The number of aliphatic hydroxyl groups excluding tert-OH is 1. The van der Waals surface area contributed by atoms with Crippen LogP contribution in [0.15, 0.2) is 6.20 Å². The highest BCUT2D eigenvalue weighted by Crippen LogP contribution is 2.05. The zero-order valence-electron chi connectivity index (χ0n) is 10.8. The normalized spacial score (nSPS) is 12.7. The fourth-order valence-corrected chi connectivity index (χ4v) is 1.65. The summed E-state index contributed by atoms with van der Waals surface area (Å²) in [5, 5.41) is 19.5. The molecule has 0 spiro atoms. The Morgan fingerprint density at radius 3 is 2.89 bits per heavy atom. The molecule has 0 saturated carbocycles. The van der Waals surface area contributed by atoms with Crippen LogP contribution in [0.2, 0.25) is 0 Å². The first kappa shape index (κ1) is 14.6. The lowest BCUT2D eigenvalue weighted by Gasteiger charge is -2.17. The number of hydrogen-bond acceptors (Lipinski definition) is 5. The molecule has 0 saturated heterocycles. The molecule has 7 heteroatoms. The van der Waals surface area contributed by atoms with Crippen molar-refractivity contribution in [2.45, 2.75) is 32.9 Å². The molecule has 102 valence electrons. The number of amides is 1. The number of rotatable bonds is 7. The van der Waals surface area contributed by atoms with Crippen LogP contribution in [0.1, 0.15) is 30.8 Å². The summed E-state index contributed by atoms with van der Waals surface area (Å²) in [5.74, 6) is 0.0772. The summed E-state index contributed by atoms with van der Waals surface area (Å²) in [6, 6.07) is -0.253. The van der Waals surface area contributed by atoms with Gasteiger partial charge in [0.2, 0.25) is 0 Å². The zero-order valence-corrected chi connectivity index (χ0v) is 10.8. The highest BCUT2D eigenvalue weighted by atomic mass is 16.3. The van der Waals surface area contributed by atoms with Gasteiger partial charge in [0, 0.05) is 6.54 Å². The maximum Gasteiger partial charge on any atom is 0.273 e. The molecule has 1 rings (SSSR count). The Balaban J connectivity index is 2.57. The van der Waals surface area contributed by atoms with Crippen LogP contribution in [-0.4, -0.2) is 45.2 Å².